The molecule has 0 aliphatic heterocycles. The average Bonchev–Trinajstić information content (AvgIpc) is 2.85. The first-order chi connectivity index (χ1) is 8.11. The third-order valence-corrected chi connectivity index (χ3v) is 4.52. The first-order valence-corrected chi connectivity index (χ1v) is 7.55. The van der Waals surface area contributed by atoms with Gasteiger partial charge < -0.3 is 5.73 Å². The van der Waals surface area contributed by atoms with Gasteiger partial charge in [0.15, 0.2) is 0 Å². The van der Waals surface area contributed by atoms with Crippen LogP contribution in [0.5, 0.6) is 0 Å². The van der Waals surface area contributed by atoms with Crippen LogP contribution in [0, 0.1) is 5.41 Å². The van der Waals surface area contributed by atoms with E-state index in [9.17, 15) is 0 Å². The average molecular weight is 266 g/mol. The number of hydrogen-bond donors (Lipinski definition) is 1. The lowest BCUT2D eigenvalue weighted by Gasteiger charge is -2.22. The summed E-state index contributed by atoms with van der Waals surface area (Å²) in [6, 6.07) is 4.19. The Labute approximate surface area is 111 Å². The van der Waals surface area contributed by atoms with Gasteiger partial charge >= 0.3 is 0 Å². The second-order valence-electron chi connectivity index (χ2n) is 4.98. The summed E-state index contributed by atoms with van der Waals surface area (Å²) in [5.74, 6) is 0. The van der Waals surface area contributed by atoms with Gasteiger partial charge in [0, 0.05) is 11.8 Å². The Bertz CT molecular complexity index is 457. The van der Waals surface area contributed by atoms with Crippen LogP contribution in [0.15, 0.2) is 22.9 Å². The molecule has 92 valence electrons. The predicted molar refractivity (Wildman–Crippen MR) is 76.6 cm³/mol. The van der Waals surface area contributed by atoms with E-state index in [4.69, 9.17) is 10.7 Å². The number of hydrogen-bond acceptors (Lipinski definition) is 4. The molecule has 4 heteroatoms. The topological polar surface area (TPSA) is 38.9 Å². The number of aromatic nitrogens is 1. The lowest BCUT2D eigenvalue weighted by molar-refractivity contribution is 0.338. The normalized spacial score (nSPS) is 11.9. The van der Waals surface area contributed by atoms with Crippen molar-refractivity contribution in [3.8, 4) is 10.6 Å². The molecule has 2 heterocycles. The SMILES string of the molecule is CC(C)(CCN)Cc1nc(-c2cccs2)cs1. The van der Waals surface area contributed by atoms with Gasteiger partial charge in [-0.15, -0.1) is 22.7 Å². The zero-order valence-electron chi connectivity index (χ0n) is 10.3. The van der Waals surface area contributed by atoms with Crippen molar-refractivity contribution in [2.75, 3.05) is 6.54 Å². The third-order valence-electron chi connectivity index (χ3n) is 2.78. The minimum atomic E-state index is 0.249. The Morgan fingerprint density at radius 2 is 2.18 bits per heavy atom. The van der Waals surface area contributed by atoms with Crippen LogP contribution in [-0.4, -0.2) is 11.5 Å². The molecule has 2 nitrogen and oxygen atoms in total. The number of thiophene rings is 1. The van der Waals surface area contributed by atoms with Gasteiger partial charge in [0.1, 0.15) is 0 Å². The van der Waals surface area contributed by atoms with Crippen LogP contribution in [0.1, 0.15) is 25.3 Å². The molecule has 17 heavy (non-hydrogen) atoms. The predicted octanol–water partition coefficient (Wildman–Crippen LogP) is 3.79. The quantitative estimate of drug-likeness (QED) is 0.894. The molecule has 0 aromatic carbocycles. The van der Waals surface area contributed by atoms with Crippen molar-refractivity contribution >= 4 is 22.7 Å². The Hall–Kier alpha value is -0.710. The van der Waals surface area contributed by atoms with E-state index in [1.807, 2.05) is 0 Å². The smallest absolute Gasteiger partial charge is 0.0938 e. The molecule has 0 fully saturated rings. The van der Waals surface area contributed by atoms with Gasteiger partial charge in [-0.3, -0.25) is 0 Å². The maximum absolute atomic E-state index is 5.64. The van der Waals surface area contributed by atoms with Crippen molar-refractivity contribution in [3.63, 3.8) is 0 Å². The summed E-state index contributed by atoms with van der Waals surface area (Å²) in [6.45, 7) is 5.26. The van der Waals surface area contributed by atoms with E-state index in [0.717, 1.165) is 25.1 Å². The largest absolute Gasteiger partial charge is 0.330 e. The monoisotopic (exact) mass is 266 g/mol. The first kappa shape index (κ1) is 12.7. The molecule has 0 unspecified atom stereocenters. The molecule has 0 amide bonds. The van der Waals surface area contributed by atoms with Crippen LogP contribution in [0.3, 0.4) is 0 Å². The maximum atomic E-state index is 5.64. The van der Waals surface area contributed by atoms with E-state index in [0.29, 0.717) is 0 Å². The zero-order valence-corrected chi connectivity index (χ0v) is 11.9. The van der Waals surface area contributed by atoms with Crippen molar-refractivity contribution in [2.24, 2.45) is 11.1 Å². The lowest BCUT2D eigenvalue weighted by Crippen LogP contribution is -2.19. The summed E-state index contributed by atoms with van der Waals surface area (Å²) in [6.07, 6.45) is 2.06. The Morgan fingerprint density at radius 1 is 1.35 bits per heavy atom. The van der Waals surface area contributed by atoms with Gasteiger partial charge in [0.25, 0.3) is 0 Å². The zero-order chi connectivity index (χ0) is 12.3. The summed E-state index contributed by atoms with van der Waals surface area (Å²) >= 11 is 3.50. The molecule has 0 saturated carbocycles. The summed E-state index contributed by atoms with van der Waals surface area (Å²) in [4.78, 5) is 5.96. The third kappa shape index (κ3) is 3.37. The highest BCUT2D eigenvalue weighted by molar-refractivity contribution is 7.14. The van der Waals surface area contributed by atoms with Crippen LogP contribution in [0.4, 0.5) is 0 Å². The highest BCUT2D eigenvalue weighted by Crippen LogP contribution is 2.30. The van der Waals surface area contributed by atoms with Crippen molar-refractivity contribution < 1.29 is 0 Å². The molecule has 0 aliphatic carbocycles. The Balaban J connectivity index is 2.09. The summed E-state index contributed by atoms with van der Waals surface area (Å²) in [5.41, 5.74) is 7.00. The van der Waals surface area contributed by atoms with Crippen molar-refractivity contribution in [2.45, 2.75) is 26.7 Å². The highest BCUT2D eigenvalue weighted by Gasteiger charge is 2.19. The summed E-state index contributed by atoms with van der Waals surface area (Å²) in [5, 5.41) is 5.46. The Kier molecular flexibility index (Phi) is 3.97. The van der Waals surface area contributed by atoms with Crippen molar-refractivity contribution in [1.82, 2.24) is 4.98 Å². The maximum Gasteiger partial charge on any atom is 0.0938 e. The summed E-state index contributed by atoms with van der Waals surface area (Å²) < 4.78 is 0. The minimum Gasteiger partial charge on any atom is -0.330 e. The van der Waals surface area contributed by atoms with Gasteiger partial charge in [-0.25, -0.2) is 4.98 Å². The fourth-order valence-corrected chi connectivity index (χ4v) is 3.63. The van der Waals surface area contributed by atoms with Gasteiger partial charge in [-0.1, -0.05) is 19.9 Å². The fourth-order valence-electron chi connectivity index (χ4n) is 1.82. The fraction of sp³-hybridized carbons (Fsp3) is 0.462. The van der Waals surface area contributed by atoms with E-state index >= 15 is 0 Å². The van der Waals surface area contributed by atoms with Crippen molar-refractivity contribution in [1.29, 1.82) is 0 Å². The number of rotatable bonds is 5. The lowest BCUT2D eigenvalue weighted by atomic mass is 9.86. The molecule has 2 N–H and O–H groups in total. The molecule has 0 spiro atoms. The molecule has 0 radical (unpaired) electrons. The molecular weight excluding hydrogens is 248 g/mol. The highest BCUT2D eigenvalue weighted by atomic mass is 32.1. The van der Waals surface area contributed by atoms with Crippen LogP contribution in [0.2, 0.25) is 0 Å². The van der Waals surface area contributed by atoms with Crippen LogP contribution in [-0.2, 0) is 6.42 Å². The Morgan fingerprint density at radius 3 is 2.82 bits per heavy atom. The van der Waals surface area contributed by atoms with E-state index in [1.54, 1.807) is 22.7 Å². The van der Waals surface area contributed by atoms with Crippen LogP contribution < -0.4 is 5.73 Å². The van der Waals surface area contributed by atoms with Crippen molar-refractivity contribution in [3.05, 3.63) is 27.9 Å². The molecule has 0 saturated heterocycles. The van der Waals surface area contributed by atoms with Gasteiger partial charge in [-0.05, 0) is 29.8 Å². The molecule has 2 rings (SSSR count). The van der Waals surface area contributed by atoms with Gasteiger partial charge in [-0.2, -0.15) is 0 Å². The summed E-state index contributed by atoms with van der Waals surface area (Å²) in [7, 11) is 0. The molecular formula is C13H18N2S2. The van der Waals surface area contributed by atoms with Crippen LogP contribution >= 0.6 is 22.7 Å². The van der Waals surface area contributed by atoms with Crippen LogP contribution in [0.25, 0.3) is 10.6 Å². The van der Waals surface area contributed by atoms with E-state index in [2.05, 4.69) is 36.7 Å². The first-order valence-electron chi connectivity index (χ1n) is 5.79. The molecule has 2 aromatic heterocycles. The van der Waals surface area contributed by atoms with E-state index < -0.39 is 0 Å². The molecule has 0 aliphatic rings. The van der Waals surface area contributed by atoms with E-state index in [1.165, 1.54) is 9.88 Å². The number of nitrogens with zero attached hydrogens (tertiary/aromatic N) is 1. The second-order valence-corrected chi connectivity index (χ2v) is 6.87. The van der Waals surface area contributed by atoms with Gasteiger partial charge in [0.05, 0.1) is 15.6 Å². The molecule has 0 atom stereocenters. The van der Waals surface area contributed by atoms with E-state index in [-0.39, 0.29) is 5.41 Å². The minimum absolute atomic E-state index is 0.249. The van der Waals surface area contributed by atoms with Gasteiger partial charge in [0.2, 0.25) is 0 Å². The number of nitrogens with two attached hydrogens (primary N) is 1. The standard InChI is InChI=1S/C13H18N2S2/c1-13(2,5-6-14)8-12-15-10(9-17-12)11-4-3-7-16-11/h3-4,7,9H,5-6,8,14H2,1-2H3. The number of thiazole rings is 1. The second kappa shape index (κ2) is 5.29. The molecule has 0 bridgehead atoms. The molecule has 2 aromatic rings.